The Labute approximate surface area is 94.2 Å². The molecule has 5 heteroatoms. The summed E-state index contributed by atoms with van der Waals surface area (Å²) in [4.78, 5) is 0. The van der Waals surface area contributed by atoms with Crippen molar-refractivity contribution in [2.75, 3.05) is 27.9 Å². The molecule has 0 aromatic heterocycles. The summed E-state index contributed by atoms with van der Waals surface area (Å²) in [6, 6.07) is 0.715. The molecule has 0 N–H and O–H groups in total. The summed E-state index contributed by atoms with van der Waals surface area (Å²) in [7, 11) is 2.42. The normalized spacial score (nSPS) is 14.2. The van der Waals surface area contributed by atoms with E-state index in [4.69, 9.17) is 18.0 Å². The van der Waals surface area contributed by atoms with Crippen LogP contribution in [0.25, 0.3) is 0 Å². The summed E-state index contributed by atoms with van der Waals surface area (Å²) < 4.78 is 21.8. The van der Waals surface area contributed by atoms with Gasteiger partial charge in [-0.1, -0.05) is 13.8 Å². The first-order valence-electron chi connectivity index (χ1n) is 5.45. The zero-order valence-corrected chi connectivity index (χ0v) is 11.5. The van der Waals surface area contributed by atoms with Gasteiger partial charge < -0.3 is 18.0 Å². The largest absolute Gasteiger partial charge is 0.502 e. The predicted molar refractivity (Wildman–Crippen MR) is 61.9 cm³/mol. The molecule has 15 heavy (non-hydrogen) atoms. The summed E-state index contributed by atoms with van der Waals surface area (Å²) in [5.74, 6) is 0. The van der Waals surface area contributed by atoms with Crippen molar-refractivity contribution in [2.24, 2.45) is 0 Å². The van der Waals surface area contributed by atoms with Crippen molar-refractivity contribution in [1.82, 2.24) is 0 Å². The fraction of sp³-hybridized carbons (Fsp3) is 1.00. The topological polar surface area (TPSA) is 36.9 Å². The average Bonchev–Trinajstić information content (AvgIpc) is 2.30. The van der Waals surface area contributed by atoms with E-state index < -0.39 is 8.80 Å². The minimum Gasteiger partial charge on any atom is -0.378 e. The molecule has 1 unspecified atom stereocenters. The van der Waals surface area contributed by atoms with Crippen molar-refractivity contribution in [2.45, 2.75) is 38.8 Å². The van der Waals surface area contributed by atoms with Gasteiger partial charge in [0.25, 0.3) is 0 Å². The maximum Gasteiger partial charge on any atom is 0.502 e. The Kier molecular flexibility index (Phi) is 8.27. The molecule has 0 fully saturated rings. The van der Waals surface area contributed by atoms with Crippen LogP contribution >= 0.6 is 0 Å². The van der Waals surface area contributed by atoms with Gasteiger partial charge in [-0.15, -0.1) is 0 Å². The van der Waals surface area contributed by atoms with Crippen LogP contribution in [-0.2, 0) is 18.0 Å². The SMILES string of the molecule is CCCOC(CC)C[Si](OC)(OC)OC. The standard InChI is InChI=1S/C10H24O4Si/c1-6-8-14-10(7-2)9-15(11-3,12-4)13-5/h10H,6-9H2,1-5H3. The highest BCUT2D eigenvalue weighted by atomic mass is 28.4. The predicted octanol–water partition coefficient (Wildman–Crippen LogP) is 2.07. The first kappa shape index (κ1) is 15.1. The third kappa shape index (κ3) is 5.08. The quantitative estimate of drug-likeness (QED) is 0.574. The molecule has 0 spiro atoms. The Bertz CT molecular complexity index is 142. The smallest absolute Gasteiger partial charge is 0.378 e. The van der Waals surface area contributed by atoms with Gasteiger partial charge in [0, 0.05) is 34.0 Å². The van der Waals surface area contributed by atoms with E-state index in [1.165, 1.54) is 0 Å². The zero-order chi connectivity index (χ0) is 11.7. The molecule has 4 nitrogen and oxygen atoms in total. The highest BCUT2D eigenvalue weighted by Crippen LogP contribution is 2.19. The van der Waals surface area contributed by atoms with Crippen LogP contribution in [0.1, 0.15) is 26.7 Å². The Morgan fingerprint density at radius 3 is 1.87 bits per heavy atom. The van der Waals surface area contributed by atoms with Crippen LogP contribution in [0.4, 0.5) is 0 Å². The van der Waals surface area contributed by atoms with Gasteiger partial charge in [0.05, 0.1) is 6.10 Å². The highest BCUT2D eigenvalue weighted by Gasteiger charge is 2.40. The van der Waals surface area contributed by atoms with Crippen LogP contribution < -0.4 is 0 Å². The zero-order valence-electron chi connectivity index (χ0n) is 10.5. The lowest BCUT2D eigenvalue weighted by molar-refractivity contribution is 0.0400. The summed E-state index contributed by atoms with van der Waals surface area (Å²) >= 11 is 0. The van der Waals surface area contributed by atoms with Crippen LogP contribution in [0.15, 0.2) is 0 Å². The van der Waals surface area contributed by atoms with Crippen molar-refractivity contribution in [3.05, 3.63) is 0 Å². The molecule has 0 heterocycles. The summed E-state index contributed by atoms with van der Waals surface area (Å²) in [6.07, 6.45) is 2.14. The minimum absolute atomic E-state index is 0.163. The van der Waals surface area contributed by atoms with Gasteiger partial charge in [-0.3, -0.25) is 0 Å². The van der Waals surface area contributed by atoms with Crippen molar-refractivity contribution in [3.63, 3.8) is 0 Å². The van der Waals surface area contributed by atoms with Crippen LogP contribution in [-0.4, -0.2) is 42.8 Å². The van der Waals surface area contributed by atoms with Gasteiger partial charge in [-0.05, 0) is 12.8 Å². The lowest BCUT2D eigenvalue weighted by Gasteiger charge is -2.28. The van der Waals surface area contributed by atoms with Gasteiger partial charge in [0.1, 0.15) is 0 Å². The molecule has 92 valence electrons. The van der Waals surface area contributed by atoms with E-state index in [1.807, 2.05) is 0 Å². The Balaban J connectivity index is 4.21. The molecule has 0 aromatic carbocycles. The van der Waals surface area contributed by atoms with E-state index >= 15 is 0 Å². The summed E-state index contributed by atoms with van der Waals surface area (Å²) in [5.41, 5.74) is 0. The molecule has 0 saturated heterocycles. The fourth-order valence-corrected chi connectivity index (χ4v) is 3.35. The van der Waals surface area contributed by atoms with E-state index in [2.05, 4.69) is 13.8 Å². The van der Waals surface area contributed by atoms with Gasteiger partial charge in [0.15, 0.2) is 0 Å². The van der Waals surface area contributed by atoms with Gasteiger partial charge in [-0.2, -0.15) is 0 Å². The fourth-order valence-electron chi connectivity index (χ4n) is 1.38. The molecule has 0 amide bonds. The van der Waals surface area contributed by atoms with Crippen molar-refractivity contribution >= 4 is 8.80 Å². The van der Waals surface area contributed by atoms with Gasteiger partial charge >= 0.3 is 8.80 Å². The van der Waals surface area contributed by atoms with E-state index in [0.717, 1.165) is 19.4 Å². The van der Waals surface area contributed by atoms with Crippen LogP contribution in [0.2, 0.25) is 6.04 Å². The molecule has 0 aliphatic rings. The molecule has 0 bridgehead atoms. The molecule has 1 atom stereocenters. The molecule has 0 rings (SSSR count). The number of ether oxygens (including phenoxy) is 1. The average molecular weight is 236 g/mol. The Hall–Kier alpha value is 0.0569. The number of rotatable bonds is 9. The molecule has 0 saturated carbocycles. The van der Waals surface area contributed by atoms with E-state index in [0.29, 0.717) is 6.04 Å². The first-order chi connectivity index (χ1) is 7.17. The lowest BCUT2D eigenvalue weighted by Crippen LogP contribution is -2.46. The molecular weight excluding hydrogens is 212 g/mol. The first-order valence-corrected chi connectivity index (χ1v) is 7.38. The van der Waals surface area contributed by atoms with E-state index in [9.17, 15) is 0 Å². The third-order valence-electron chi connectivity index (χ3n) is 2.42. The monoisotopic (exact) mass is 236 g/mol. The maximum atomic E-state index is 5.70. The second-order valence-electron chi connectivity index (χ2n) is 3.40. The molecule has 0 radical (unpaired) electrons. The molecule has 0 aromatic rings. The van der Waals surface area contributed by atoms with E-state index in [-0.39, 0.29) is 6.10 Å². The second-order valence-corrected chi connectivity index (χ2v) is 6.40. The maximum absolute atomic E-state index is 5.70. The van der Waals surface area contributed by atoms with Crippen molar-refractivity contribution in [1.29, 1.82) is 0 Å². The van der Waals surface area contributed by atoms with Crippen LogP contribution in [0, 0.1) is 0 Å². The van der Waals surface area contributed by atoms with E-state index in [1.54, 1.807) is 21.3 Å². The van der Waals surface area contributed by atoms with Crippen molar-refractivity contribution < 1.29 is 18.0 Å². The molecule has 0 aliphatic carbocycles. The van der Waals surface area contributed by atoms with Gasteiger partial charge in [0.2, 0.25) is 0 Å². The van der Waals surface area contributed by atoms with Crippen LogP contribution in [0.3, 0.4) is 0 Å². The van der Waals surface area contributed by atoms with Crippen molar-refractivity contribution in [3.8, 4) is 0 Å². The van der Waals surface area contributed by atoms with Gasteiger partial charge in [-0.25, -0.2) is 0 Å². The third-order valence-corrected chi connectivity index (χ3v) is 5.25. The minimum atomic E-state index is -2.48. The molecular formula is C10H24O4Si. The molecule has 0 aliphatic heterocycles. The Morgan fingerprint density at radius 1 is 1.00 bits per heavy atom. The number of hydrogen-bond acceptors (Lipinski definition) is 4. The lowest BCUT2D eigenvalue weighted by atomic mass is 10.3. The second kappa shape index (κ2) is 8.24. The highest BCUT2D eigenvalue weighted by molar-refractivity contribution is 6.60. The Morgan fingerprint density at radius 2 is 1.53 bits per heavy atom. The van der Waals surface area contributed by atoms with Crippen LogP contribution in [0.5, 0.6) is 0 Å². The number of hydrogen-bond donors (Lipinski definition) is 0. The summed E-state index contributed by atoms with van der Waals surface area (Å²) in [5, 5.41) is 0. The summed E-state index contributed by atoms with van der Waals surface area (Å²) in [6.45, 7) is 4.97.